The Hall–Kier alpha value is 0.532. The summed E-state index contributed by atoms with van der Waals surface area (Å²) >= 11 is -0.417. The third kappa shape index (κ3) is 12.8. The van der Waals surface area contributed by atoms with Crippen molar-refractivity contribution in [3.8, 4) is 0 Å². The van der Waals surface area contributed by atoms with E-state index in [9.17, 15) is 0 Å². The summed E-state index contributed by atoms with van der Waals surface area (Å²) in [7, 11) is 0. The zero-order valence-electron chi connectivity index (χ0n) is 13.3. The molecule has 0 rings (SSSR count). The summed E-state index contributed by atoms with van der Waals surface area (Å²) in [6, 6.07) is 0. The third-order valence-corrected chi connectivity index (χ3v) is 7.95. The molecule has 0 bridgehead atoms. The number of rotatable bonds is 10. The quantitative estimate of drug-likeness (QED) is 0.331. The van der Waals surface area contributed by atoms with Gasteiger partial charge < -0.3 is 0 Å². The van der Waals surface area contributed by atoms with Gasteiger partial charge in [-0.15, -0.1) is 0 Å². The molecule has 102 valence electrons. The summed E-state index contributed by atoms with van der Waals surface area (Å²) in [4.78, 5) is 0. The molecule has 0 aliphatic heterocycles. The van der Waals surface area contributed by atoms with Crippen LogP contribution in [0.5, 0.6) is 0 Å². The Morgan fingerprint density at radius 1 is 0.647 bits per heavy atom. The van der Waals surface area contributed by atoms with Crippen molar-refractivity contribution in [2.45, 2.75) is 83.1 Å². The molecule has 0 aromatic rings. The van der Waals surface area contributed by atoms with Crippen LogP contribution in [0, 0.1) is 17.8 Å². The Labute approximate surface area is 115 Å². The molecule has 0 atom stereocenters. The number of unbranched alkanes of at least 4 members (excludes halogenated alkanes) is 2. The predicted octanol–water partition coefficient (Wildman–Crippen LogP) is 6.01. The van der Waals surface area contributed by atoms with Crippen LogP contribution in [-0.2, 0) is 0 Å². The van der Waals surface area contributed by atoms with Gasteiger partial charge in [0.25, 0.3) is 14.1 Å². The van der Waals surface area contributed by atoms with Crippen LogP contribution in [0.4, 0.5) is 0 Å². The molecule has 0 saturated carbocycles. The molecule has 17 heavy (non-hydrogen) atoms. The zero-order valence-corrected chi connectivity index (χ0v) is 14.4. The van der Waals surface area contributed by atoms with Gasteiger partial charge in [-0.3, -0.25) is 0 Å². The van der Waals surface area contributed by atoms with Gasteiger partial charge in [-0.05, 0) is 5.92 Å². The van der Waals surface area contributed by atoms with E-state index in [0.717, 1.165) is 17.8 Å². The van der Waals surface area contributed by atoms with Gasteiger partial charge in [0.15, 0.2) is 0 Å². The van der Waals surface area contributed by atoms with E-state index in [1.54, 1.807) is 15.8 Å². The van der Waals surface area contributed by atoms with Gasteiger partial charge in [-0.2, -0.15) is 0 Å². The lowest BCUT2D eigenvalue weighted by Crippen LogP contribution is -2.17. The number of hydrogen-bond donors (Lipinski definition) is 0. The van der Waals surface area contributed by atoms with Gasteiger partial charge in [0.05, 0.1) is 0 Å². The van der Waals surface area contributed by atoms with Crippen molar-refractivity contribution in [3.05, 3.63) is 0 Å². The fraction of sp³-hybridized carbons (Fsp3) is 1.00. The molecule has 0 aliphatic carbocycles. The normalized spacial score (nSPS) is 11.8. The highest BCUT2D eigenvalue weighted by molar-refractivity contribution is 6.58. The summed E-state index contributed by atoms with van der Waals surface area (Å²) < 4.78 is 0. The first kappa shape index (κ1) is 17.5. The summed E-state index contributed by atoms with van der Waals surface area (Å²) in [6.07, 6.45) is 5.89. The Balaban J connectivity index is 3.68. The van der Waals surface area contributed by atoms with Gasteiger partial charge in [0.1, 0.15) is 0 Å². The molecule has 0 aromatic carbocycles. The van der Waals surface area contributed by atoms with Crippen molar-refractivity contribution in [2.24, 2.45) is 17.8 Å². The molecule has 0 N–H and O–H groups in total. The van der Waals surface area contributed by atoms with Crippen molar-refractivity contribution in [1.29, 1.82) is 0 Å². The van der Waals surface area contributed by atoms with Crippen molar-refractivity contribution < 1.29 is 0 Å². The molecule has 0 aromatic heterocycles. The minimum absolute atomic E-state index is 0.417. The third-order valence-electron chi connectivity index (χ3n) is 3.50. The topological polar surface area (TPSA) is 0 Å². The second-order valence-corrected chi connectivity index (χ2v) is 10.4. The highest BCUT2D eigenvalue weighted by atomic mass is 27.2. The molecule has 0 amide bonds. The van der Waals surface area contributed by atoms with Crippen LogP contribution in [0.25, 0.3) is 0 Å². The first-order chi connectivity index (χ1) is 7.91. The van der Waals surface area contributed by atoms with Crippen LogP contribution in [-0.4, -0.2) is 14.1 Å². The summed E-state index contributed by atoms with van der Waals surface area (Å²) in [5.41, 5.74) is 0. The van der Waals surface area contributed by atoms with Gasteiger partial charge in [0, 0.05) is 0 Å². The Kier molecular flexibility index (Phi) is 10.8. The minimum Gasteiger partial charge on any atom is -0.0938 e. The summed E-state index contributed by atoms with van der Waals surface area (Å²) in [5, 5.41) is 4.75. The van der Waals surface area contributed by atoms with Crippen molar-refractivity contribution >= 4 is 14.1 Å². The van der Waals surface area contributed by atoms with Crippen molar-refractivity contribution in [3.63, 3.8) is 0 Å². The van der Waals surface area contributed by atoms with Crippen LogP contribution in [0.2, 0.25) is 15.8 Å². The molecule has 1 heteroatoms. The Bertz CT molecular complexity index is 151. The maximum Gasteiger partial charge on any atom is 0.262 e. The molecule has 0 unspecified atom stereocenters. The predicted molar refractivity (Wildman–Crippen MR) is 83.2 cm³/mol. The molecule has 0 saturated heterocycles. The van der Waals surface area contributed by atoms with Crippen molar-refractivity contribution in [2.75, 3.05) is 0 Å². The van der Waals surface area contributed by atoms with Crippen LogP contribution < -0.4 is 0 Å². The highest BCUT2D eigenvalue weighted by Gasteiger charge is 2.19. The second-order valence-electron chi connectivity index (χ2n) is 7.16. The molecule has 0 heterocycles. The molecule has 0 aliphatic rings. The van der Waals surface area contributed by atoms with Crippen LogP contribution in [0.1, 0.15) is 67.2 Å². The van der Waals surface area contributed by atoms with E-state index in [1.807, 2.05) is 0 Å². The molecular weight excluding hydrogens is 219 g/mol. The SMILES string of the molecule is CC(C)CCCC[CH2][Al]([CH2]C(C)C)[CH2]C(C)C. The maximum atomic E-state index is 2.40. The van der Waals surface area contributed by atoms with Crippen LogP contribution >= 0.6 is 0 Å². The fourth-order valence-corrected chi connectivity index (χ4v) is 7.02. The average Bonchev–Trinajstić information content (AvgIpc) is 2.14. The van der Waals surface area contributed by atoms with E-state index in [0.29, 0.717) is 0 Å². The van der Waals surface area contributed by atoms with E-state index >= 15 is 0 Å². The zero-order chi connectivity index (χ0) is 13.3. The molecule has 0 radical (unpaired) electrons. The number of hydrogen-bond acceptors (Lipinski definition) is 0. The van der Waals surface area contributed by atoms with Crippen LogP contribution in [0.15, 0.2) is 0 Å². The Morgan fingerprint density at radius 2 is 1.18 bits per heavy atom. The molecule has 0 fully saturated rings. The molecular formula is C16H35Al. The van der Waals surface area contributed by atoms with Gasteiger partial charge in [-0.1, -0.05) is 94.9 Å². The van der Waals surface area contributed by atoms with Gasteiger partial charge in [0.2, 0.25) is 0 Å². The average molecular weight is 254 g/mol. The van der Waals surface area contributed by atoms with E-state index < -0.39 is 14.1 Å². The van der Waals surface area contributed by atoms with E-state index in [1.165, 1.54) is 25.7 Å². The lowest BCUT2D eigenvalue weighted by molar-refractivity contribution is 0.533. The van der Waals surface area contributed by atoms with E-state index in [-0.39, 0.29) is 0 Å². The standard InChI is InChI=1S/C8H17.2C4H9.Al/c1-4-5-6-7-8(2)3;2*1-4(2)3;/h8H,1,4-7H2,2-3H3;2*4H,1H2,2-3H3;. The highest BCUT2D eigenvalue weighted by Crippen LogP contribution is 2.21. The summed E-state index contributed by atoms with van der Waals surface area (Å²) in [6.45, 7) is 14.3. The van der Waals surface area contributed by atoms with Crippen molar-refractivity contribution in [1.82, 2.24) is 0 Å². The monoisotopic (exact) mass is 254 g/mol. The van der Waals surface area contributed by atoms with E-state index in [2.05, 4.69) is 41.5 Å². The van der Waals surface area contributed by atoms with Gasteiger partial charge in [-0.25, -0.2) is 0 Å². The first-order valence-corrected chi connectivity index (χ1v) is 10.4. The Morgan fingerprint density at radius 3 is 1.59 bits per heavy atom. The van der Waals surface area contributed by atoms with Crippen LogP contribution in [0.3, 0.4) is 0 Å². The van der Waals surface area contributed by atoms with Gasteiger partial charge >= 0.3 is 0 Å². The largest absolute Gasteiger partial charge is 0.262 e. The van der Waals surface area contributed by atoms with E-state index in [4.69, 9.17) is 0 Å². The first-order valence-electron chi connectivity index (χ1n) is 7.91. The maximum absolute atomic E-state index is 2.40. The fourth-order valence-electron chi connectivity index (χ4n) is 2.83. The second kappa shape index (κ2) is 10.5. The lowest BCUT2D eigenvalue weighted by Gasteiger charge is -2.16. The molecule has 0 spiro atoms. The molecule has 0 nitrogen and oxygen atoms in total. The summed E-state index contributed by atoms with van der Waals surface area (Å²) in [5.74, 6) is 2.76. The lowest BCUT2D eigenvalue weighted by atomic mass is 10.1. The minimum atomic E-state index is -0.417. The smallest absolute Gasteiger partial charge is 0.0938 e.